The van der Waals surface area contributed by atoms with Gasteiger partial charge in [-0.2, -0.15) is 0 Å². The predicted molar refractivity (Wildman–Crippen MR) is 104 cm³/mol. The van der Waals surface area contributed by atoms with Gasteiger partial charge in [-0.1, -0.05) is 6.07 Å². The molecule has 0 aliphatic carbocycles. The summed E-state index contributed by atoms with van der Waals surface area (Å²) in [4.78, 5) is 29.4. The quantitative estimate of drug-likeness (QED) is 0.605. The number of esters is 1. The summed E-state index contributed by atoms with van der Waals surface area (Å²) in [5.74, 6) is -0.0600. The molecule has 2 aromatic heterocycles. The van der Waals surface area contributed by atoms with Crippen molar-refractivity contribution in [3.63, 3.8) is 0 Å². The first-order valence-electron chi connectivity index (χ1n) is 7.78. The van der Waals surface area contributed by atoms with E-state index in [2.05, 4.69) is 10.3 Å². The van der Waals surface area contributed by atoms with Crippen LogP contribution >= 0.6 is 22.7 Å². The van der Waals surface area contributed by atoms with Gasteiger partial charge in [0.2, 0.25) is 0 Å². The molecule has 1 amide bonds. The molecule has 0 saturated carbocycles. The summed E-state index contributed by atoms with van der Waals surface area (Å²) in [6.45, 7) is -0.426. The number of benzene rings is 1. The van der Waals surface area contributed by atoms with E-state index in [-0.39, 0.29) is 5.69 Å². The van der Waals surface area contributed by atoms with Crippen LogP contribution in [0.1, 0.15) is 10.5 Å². The number of thiophene rings is 1. The third kappa shape index (κ3) is 4.83. The van der Waals surface area contributed by atoms with E-state index < -0.39 is 18.5 Å². The van der Waals surface area contributed by atoms with Crippen LogP contribution in [0.25, 0.3) is 9.88 Å². The number of thiazole rings is 1. The Morgan fingerprint density at radius 3 is 2.48 bits per heavy atom. The first-order valence-corrected chi connectivity index (χ1v) is 9.54. The number of hydrogen-bond donors (Lipinski definition) is 1. The summed E-state index contributed by atoms with van der Waals surface area (Å²) in [6, 6.07) is 8.79. The van der Waals surface area contributed by atoms with E-state index in [0.29, 0.717) is 17.2 Å². The van der Waals surface area contributed by atoms with Crippen molar-refractivity contribution in [2.24, 2.45) is 0 Å². The van der Waals surface area contributed by atoms with Crippen LogP contribution in [-0.4, -0.2) is 37.7 Å². The Morgan fingerprint density at radius 2 is 1.85 bits per heavy atom. The van der Waals surface area contributed by atoms with Crippen molar-refractivity contribution >= 4 is 40.2 Å². The monoisotopic (exact) mass is 404 g/mol. The predicted octanol–water partition coefficient (Wildman–Crippen LogP) is 3.68. The van der Waals surface area contributed by atoms with Crippen LogP contribution in [-0.2, 0) is 9.53 Å². The molecule has 0 spiro atoms. The Bertz CT molecular complexity index is 915. The molecule has 0 radical (unpaired) electrons. The maximum absolute atomic E-state index is 12.1. The third-order valence-corrected chi connectivity index (χ3v) is 5.30. The number of aromatic nitrogens is 1. The van der Waals surface area contributed by atoms with Crippen LogP contribution in [0.5, 0.6) is 11.5 Å². The zero-order chi connectivity index (χ0) is 19.2. The SMILES string of the molecule is COc1cc(NC(=O)COC(=O)c2csc(-c3cccs3)n2)cc(OC)c1. The zero-order valence-electron chi connectivity index (χ0n) is 14.6. The summed E-state index contributed by atoms with van der Waals surface area (Å²) >= 11 is 2.89. The summed E-state index contributed by atoms with van der Waals surface area (Å²) in [7, 11) is 3.03. The number of carbonyl (C=O) groups excluding carboxylic acids is 2. The van der Waals surface area contributed by atoms with E-state index in [1.165, 1.54) is 36.9 Å². The number of anilines is 1. The summed E-state index contributed by atoms with van der Waals surface area (Å²) in [5.41, 5.74) is 0.653. The van der Waals surface area contributed by atoms with Gasteiger partial charge < -0.3 is 19.5 Å². The van der Waals surface area contributed by atoms with E-state index in [1.54, 1.807) is 23.6 Å². The number of carbonyl (C=O) groups is 2. The minimum absolute atomic E-state index is 0.180. The Kier molecular flexibility index (Phi) is 6.05. The number of ether oxygens (including phenoxy) is 3. The molecule has 0 atom stereocenters. The van der Waals surface area contributed by atoms with Crippen molar-refractivity contribution in [1.29, 1.82) is 0 Å². The van der Waals surface area contributed by atoms with Crippen LogP contribution in [0, 0.1) is 0 Å². The van der Waals surface area contributed by atoms with Crippen LogP contribution in [0.2, 0.25) is 0 Å². The van der Waals surface area contributed by atoms with E-state index in [4.69, 9.17) is 14.2 Å². The van der Waals surface area contributed by atoms with Crippen LogP contribution in [0.4, 0.5) is 5.69 Å². The number of hydrogen-bond acceptors (Lipinski definition) is 8. The Balaban J connectivity index is 1.57. The molecule has 1 N–H and O–H groups in total. The van der Waals surface area contributed by atoms with Gasteiger partial charge >= 0.3 is 5.97 Å². The number of amides is 1. The fourth-order valence-electron chi connectivity index (χ4n) is 2.16. The molecule has 3 rings (SSSR count). The third-order valence-electron chi connectivity index (χ3n) is 3.41. The lowest BCUT2D eigenvalue weighted by molar-refractivity contribution is -0.119. The number of nitrogens with zero attached hydrogens (tertiary/aromatic N) is 1. The lowest BCUT2D eigenvalue weighted by atomic mass is 10.2. The Morgan fingerprint density at radius 1 is 1.11 bits per heavy atom. The molecule has 140 valence electrons. The maximum Gasteiger partial charge on any atom is 0.358 e. The fourth-order valence-corrected chi connectivity index (χ4v) is 3.77. The zero-order valence-corrected chi connectivity index (χ0v) is 16.2. The van der Waals surface area contributed by atoms with E-state index in [9.17, 15) is 9.59 Å². The highest BCUT2D eigenvalue weighted by Crippen LogP contribution is 2.28. The molecular formula is C18H16N2O5S2. The van der Waals surface area contributed by atoms with E-state index >= 15 is 0 Å². The minimum atomic E-state index is -0.646. The van der Waals surface area contributed by atoms with Crippen LogP contribution < -0.4 is 14.8 Å². The molecule has 1 aromatic carbocycles. The van der Waals surface area contributed by atoms with Gasteiger partial charge in [0, 0.05) is 29.3 Å². The molecule has 0 aliphatic rings. The van der Waals surface area contributed by atoms with Gasteiger partial charge in [0.15, 0.2) is 12.3 Å². The molecule has 0 fully saturated rings. The highest BCUT2D eigenvalue weighted by atomic mass is 32.1. The lowest BCUT2D eigenvalue weighted by Gasteiger charge is -2.10. The standard InChI is InChI=1S/C18H16N2O5S2/c1-23-12-6-11(7-13(8-12)24-2)19-16(21)9-25-18(22)14-10-27-17(20-14)15-4-3-5-26-15/h3-8,10H,9H2,1-2H3,(H,19,21). The number of methoxy groups -OCH3 is 2. The highest BCUT2D eigenvalue weighted by molar-refractivity contribution is 7.20. The maximum atomic E-state index is 12.1. The molecule has 7 nitrogen and oxygen atoms in total. The fraction of sp³-hybridized carbons (Fsp3) is 0.167. The van der Waals surface area contributed by atoms with Gasteiger partial charge in [-0.05, 0) is 11.4 Å². The average Bonchev–Trinajstić information content (AvgIpc) is 3.37. The highest BCUT2D eigenvalue weighted by Gasteiger charge is 2.15. The molecule has 3 aromatic rings. The molecule has 9 heteroatoms. The van der Waals surface area contributed by atoms with Crippen molar-refractivity contribution in [2.75, 3.05) is 26.1 Å². The Labute approximate surface area is 163 Å². The summed E-state index contributed by atoms with van der Waals surface area (Å²) < 4.78 is 15.3. The van der Waals surface area contributed by atoms with E-state index in [1.807, 2.05) is 17.5 Å². The topological polar surface area (TPSA) is 86.8 Å². The van der Waals surface area contributed by atoms with Crippen molar-refractivity contribution in [3.8, 4) is 21.4 Å². The van der Waals surface area contributed by atoms with Crippen LogP contribution in [0.3, 0.4) is 0 Å². The second-order valence-corrected chi connectivity index (χ2v) is 7.05. The number of rotatable bonds is 7. The Hall–Kier alpha value is -2.91. The van der Waals surface area contributed by atoms with Gasteiger partial charge in [0.25, 0.3) is 5.91 Å². The molecule has 0 bridgehead atoms. The first kappa shape index (κ1) is 18.9. The van der Waals surface area contributed by atoms with Crippen LogP contribution in [0.15, 0.2) is 41.1 Å². The number of nitrogens with one attached hydrogen (secondary N) is 1. The van der Waals surface area contributed by atoms with E-state index in [0.717, 1.165) is 9.88 Å². The van der Waals surface area contributed by atoms with Gasteiger partial charge in [-0.15, -0.1) is 22.7 Å². The molecule has 2 heterocycles. The second-order valence-electron chi connectivity index (χ2n) is 5.24. The van der Waals surface area contributed by atoms with Crippen molar-refractivity contribution < 1.29 is 23.8 Å². The van der Waals surface area contributed by atoms with Gasteiger partial charge in [0.05, 0.1) is 19.1 Å². The second kappa shape index (κ2) is 8.65. The van der Waals surface area contributed by atoms with Gasteiger partial charge in [-0.3, -0.25) is 4.79 Å². The van der Waals surface area contributed by atoms with Crippen molar-refractivity contribution in [3.05, 3.63) is 46.8 Å². The molecule has 0 unspecified atom stereocenters. The van der Waals surface area contributed by atoms with Gasteiger partial charge in [0.1, 0.15) is 16.5 Å². The smallest absolute Gasteiger partial charge is 0.358 e. The lowest BCUT2D eigenvalue weighted by Crippen LogP contribution is -2.21. The molecule has 0 saturated heterocycles. The molecule has 0 aliphatic heterocycles. The summed E-state index contributed by atoms with van der Waals surface area (Å²) in [5, 5.41) is 6.92. The molecular weight excluding hydrogens is 388 g/mol. The van der Waals surface area contributed by atoms with Gasteiger partial charge in [-0.25, -0.2) is 9.78 Å². The van der Waals surface area contributed by atoms with Crippen molar-refractivity contribution in [1.82, 2.24) is 4.98 Å². The normalized spacial score (nSPS) is 10.3. The first-order chi connectivity index (χ1) is 13.1. The summed E-state index contributed by atoms with van der Waals surface area (Å²) in [6.07, 6.45) is 0. The molecule has 27 heavy (non-hydrogen) atoms. The minimum Gasteiger partial charge on any atom is -0.497 e. The average molecular weight is 404 g/mol. The van der Waals surface area contributed by atoms with Crippen molar-refractivity contribution in [2.45, 2.75) is 0 Å². The largest absolute Gasteiger partial charge is 0.497 e.